The lowest BCUT2D eigenvalue weighted by Gasteiger charge is -2.10. The number of allylic oxidation sites excluding steroid dienone is 1. The van der Waals surface area contributed by atoms with E-state index >= 15 is 0 Å². The summed E-state index contributed by atoms with van der Waals surface area (Å²) in [5.41, 5.74) is 0. The first-order chi connectivity index (χ1) is 7.97. The van der Waals surface area contributed by atoms with Gasteiger partial charge in [-0.2, -0.15) is 0 Å². The van der Waals surface area contributed by atoms with Crippen LogP contribution in [-0.4, -0.2) is 29.9 Å². The van der Waals surface area contributed by atoms with Crippen molar-refractivity contribution in [1.29, 1.82) is 0 Å². The maximum atomic E-state index is 11.6. The average Bonchev–Trinajstić information content (AvgIpc) is 2.24. The Bertz CT molecular complexity index is 302. The number of carbonyl (C=O) groups excluding carboxylic acids is 2. The van der Waals surface area contributed by atoms with Gasteiger partial charge in [0.25, 0.3) is 0 Å². The number of ether oxygens (including phenoxy) is 1. The summed E-state index contributed by atoms with van der Waals surface area (Å²) in [5.74, 6) is -0.144. The van der Waals surface area contributed by atoms with E-state index in [1.165, 1.54) is 6.92 Å². The van der Waals surface area contributed by atoms with Gasteiger partial charge in [-0.1, -0.05) is 13.0 Å². The highest BCUT2D eigenvalue weighted by molar-refractivity contribution is 7.80. The smallest absolute Gasteiger partial charge is 0.216 e. The fourth-order valence-corrected chi connectivity index (χ4v) is 1.37. The highest BCUT2D eigenvalue weighted by Gasteiger charge is 2.14. The molecule has 0 aliphatic rings. The zero-order valence-corrected chi connectivity index (χ0v) is 11.1. The van der Waals surface area contributed by atoms with Crippen LogP contribution in [0.25, 0.3) is 0 Å². The maximum Gasteiger partial charge on any atom is 0.216 e. The topological polar surface area (TPSA) is 55.4 Å². The van der Waals surface area contributed by atoms with Crippen LogP contribution in [0.1, 0.15) is 26.7 Å². The number of carbonyl (C=O) groups is 2. The van der Waals surface area contributed by atoms with Crippen LogP contribution in [0.4, 0.5) is 0 Å². The first-order valence-corrected chi connectivity index (χ1v) is 5.91. The first kappa shape index (κ1) is 15.8. The number of nitrogens with one attached hydrogen (secondary N) is 1. The number of thiocarbonyl (C=S) groups is 1. The van der Waals surface area contributed by atoms with E-state index < -0.39 is 0 Å². The molecular formula is C12H19NO3S. The molecule has 5 heteroatoms. The van der Waals surface area contributed by atoms with Crippen LogP contribution in [0.3, 0.4) is 0 Å². The Morgan fingerprint density at radius 2 is 2.18 bits per heavy atom. The third-order valence-corrected chi connectivity index (χ3v) is 2.39. The van der Waals surface area contributed by atoms with E-state index in [4.69, 9.17) is 17.0 Å². The number of ketones is 1. The van der Waals surface area contributed by atoms with Gasteiger partial charge in [0.05, 0.1) is 13.0 Å². The largest absolute Gasteiger partial charge is 0.485 e. The Balaban J connectivity index is 3.74. The molecule has 17 heavy (non-hydrogen) atoms. The first-order valence-electron chi connectivity index (χ1n) is 5.51. The van der Waals surface area contributed by atoms with Gasteiger partial charge < -0.3 is 10.1 Å². The third-order valence-electron chi connectivity index (χ3n) is 2.13. The van der Waals surface area contributed by atoms with Crippen molar-refractivity contribution in [2.24, 2.45) is 5.92 Å². The predicted octanol–water partition coefficient (Wildman–Crippen LogP) is 1.64. The average molecular weight is 257 g/mol. The number of hydrogen-bond donors (Lipinski definition) is 1. The zero-order valence-electron chi connectivity index (χ0n) is 10.3. The number of Topliss-reactive ketones (excluding diaryl/α,β-unsaturated/α-hetero) is 1. The number of rotatable bonds is 8. The molecule has 0 fully saturated rings. The molecule has 0 aromatic carbocycles. The van der Waals surface area contributed by atoms with Gasteiger partial charge in [-0.25, -0.2) is 0 Å². The lowest BCUT2D eigenvalue weighted by molar-refractivity contribution is -0.121. The second kappa shape index (κ2) is 8.87. The summed E-state index contributed by atoms with van der Waals surface area (Å²) in [6.07, 6.45) is 2.50. The van der Waals surface area contributed by atoms with Gasteiger partial charge in [-0.3, -0.25) is 9.59 Å². The van der Waals surface area contributed by atoms with E-state index in [0.717, 1.165) is 0 Å². The zero-order chi connectivity index (χ0) is 13.3. The van der Waals surface area contributed by atoms with Gasteiger partial charge in [0.2, 0.25) is 5.91 Å². The third kappa shape index (κ3) is 8.56. The summed E-state index contributed by atoms with van der Waals surface area (Å²) in [7, 11) is 0. The molecular weight excluding hydrogens is 238 g/mol. The molecule has 0 unspecified atom stereocenters. The second-order valence-corrected chi connectivity index (χ2v) is 4.23. The summed E-state index contributed by atoms with van der Waals surface area (Å²) in [6, 6.07) is 0. The number of amides is 1. The normalized spacial score (nSPS) is 11.4. The van der Waals surface area contributed by atoms with Crippen molar-refractivity contribution >= 4 is 29.0 Å². The molecule has 0 spiro atoms. The van der Waals surface area contributed by atoms with Crippen molar-refractivity contribution in [2.45, 2.75) is 26.7 Å². The summed E-state index contributed by atoms with van der Waals surface area (Å²) in [6.45, 7) is 7.54. The Kier molecular flexibility index (Phi) is 8.23. The maximum absolute atomic E-state index is 11.6. The Labute approximate surface area is 107 Å². The van der Waals surface area contributed by atoms with Gasteiger partial charge in [0.15, 0.2) is 5.05 Å². The predicted molar refractivity (Wildman–Crippen MR) is 70.8 cm³/mol. The molecule has 0 saturated heterocycles. The van der Waals surface area contributed by atoms with Crippen LogP contribution in [0.15, 0.2) is 12.7 Å². The molecule has 4 nitrogen and oxygen atoms in total. The monoisotopic (exact) mass is 257 g/mol. The van der Waals surface area contributed by atoms with Crippen molar-refractivity contribution in [3.05, 3.63) is 12.7 Å². The minimum atomic E-state index is -0.116. The fraction of sp³-hybridized carbons (Fsp3) is 0.583. The Hall–Kier alpha value is -1.23. The molecule has 0 rings (SSSR count). The van der Waals surface area contributed by atoms with E-state index in [1.807, 2.05) is 6.92 Å². The van der Waals surface area contributed by atoms with Crippen LogP contribution in [0, 0.1) is 5.92 Å². The molecule has 96 valence electrons. The highest BCUT2D eigenvalue weighted by Crippen LogP contribution is 2.07. The van der Waals surface area contributed by atoms with Crippen LogP contribution < -0.4 is 5.32 Å². The van der Waals surface area contributed by atoms with Gasteiger partial charge in [0.1, 0.15) is 12.4 Å². The Morgan fingerprint density at radius 3 is 2.71 bits per heavy atom. The Morgan fingerprint density at radius 1 is 1.53 bits per heavy atom. The van der Waals surface area contributed by atoms with E-state index in [-0.39, 0.29) is 29.1 Å². The van der Waals surface area contributed by atoms with Crippen LogP contribution in [0.2, 0.25) is 0 Å². The van der Waals surface area contributed by atoms with Crippen LogP contribution in [-0.2, 0) is 14.3 Å². The molecule has 0 aromatic rings. The van der Waals surface area contributed by atoms with E-state index in [0.29, 0.717) is 19.6 Å². The van der Waals surface area contributed by atoms with Crippen molar-refractivity contribution in [3.63, 3.8) is 0 Å². The molecule has 0 aliphatic carbocycles. The standard InChI is InChI=1S/C12H19NO3S/c1-4-5-9(2)11(15)8-12(17)16-7-6-13-10(3)14/h4,9H,1,5-8H2,2-3H3,(H,13,14)/t9-/m0/s1. The summed E-state index contributed by atoms with van der Waals surface area (Å²) >= 11 is 4.93. The summed E-state index contributed by atoms with van der Waals surface area (Å²) in [4.78, 5) is 22.2. The van der Waals surface area contributed by atoms with Crippen molar-refractivity contribution in [2.75, 3.05) is 13.2 Å². The van der Waals surface area contributed by atoms with Gasteiger partial charge in [-0.15, -0.1) is 6.58 Å². The van der Waals surface area contributed by atoms with Gasteiger partial charge in [-0.05, 0) is 18.6 Å². The van der Waals surface area contributed by atoms with Crippen molar-refractivity contribution < 1.29 is 14.3 Å². The molecule has 0 aromatic heterocycles. The SMILES string of the molecule is C=CC[C@H](C)C(=O)CC(=S)OCCNC(C)=O. The van der Waals surface area contributed by atoms with Crippen molar-refractivity contribution in [3.8, 4) is 0 Å². The highest BCUT2D eigenvalue weighted by atomic mass is 32.1. The molecule has 0 radical (unpaired) electrons. The molecule has 0 saturated carbocycles. The molecule has 1 atom stereocenters. The van der Waals surface area contributed by atoms with Crippen LogP contribution in [0.5, 0.6) is 0 Å². The van der Waals surface area contributed by atoms with E-state index in [9.17, 15) is 9.59 Å². The molecule has 0 aliphatic heterocycles. The van der Waals surface area contributed by atoms with Gasteiger partial charge in [0, 0.05) is 12.8 Å². The molecule has 1 N–H and O–H groups in total. The minimum absolute atomic E-state index is 0.0504. The molecule has 1 amide bonds. The molecule has 0 heterocycles. The lowest BCUT2D eigenvalue weighted by atomic mass is 10.0. The fourth-order valence-electron chi connectivity index (χ4n) is 1.14. The summed E-state index contributed by atoms with van der Waals surface area (Å²) in [5, 5.41) is 2.85. The lowest BCUT2D eigenvalue weighted by Crippen LogP contribution is -2.26. The number of hydrogen-bond acceptors (Lipinski definition) is 4. The van der Waals surface area contributed by atoms with E-state index in [1.54, 1.807) is 6.08 Å². The molecule has 0 bridgehead atoms. The van der Waals surface area contributed by atoms with Gasteiger partial charge >= 0.3 is 0 Å². The quantitative estimate of drug-likeness (QED) is 0.408. The van der Waals surface area contributed by atoms with Crippen LogP contribution >= 0.6 is 12.2 Å². The van der Waals surface area contributed by atoms with E-state index in [2.05, 4.69) is 11.9 Å². The van der Waals surface area contributed by atoms with Crippen molar-refractivity contribution in [1.82, 2.24) is 5.32 Å². The second-order valence-electron chi connectivity index (χ2n) is 3.77. The summed E-state index contributed by atoms with van der Waals surface area (Å²) < 4.78 is 5.16. The minimum Gasteiger partial charge on any atom is -0.485 e.